The fourth-order valence-corrected chi connectivity index (χ4v) is 2.88. The highest BCUT2D eigenvalue weighted by molar-refractivity contribution is 5.55. The van der Waals surface area contributed by atoms with E-state index in [4.69, 9.17) is 16.2 Å². The maximum Gasteiger partial charge on any atom is 0.420 e. The van der Waals surface area contributed by atoms with Crippen LogP contribution in [0.15, 0.2) is 48.5 Å². The van der Waals surface area contributed by atoms with Crippen LogP contribution in [0.1, 0.15) is 16.7 Å². The van der Waals surface area contributed by atoms with Crippen LogP contribution in [0.3, 0.4) is 0 Å². The molecule has 0 radical (unpaired) electrons. The van der Waals surface area contributed by atoms with E-state index in [0.717, 1.165) is 12.1 Å². The first-order valence-electron chi connectivity index (χ1n) is 9.17. The summed E-state index contributed by atoms with van der Waals surface area (Å²) in [6.45, 7) is 0. The van der Waals surface area contributed by atoms with Gasteiger partial charge in [0.1, 0.15) is 17.1 Å². The van der Waals surface area contributed by atoms with E-state index in [9.17, 15) is 39.5 Å². The van der Waals surface area contributed by atoms with E-state index in [-0.39, 0.29) is 17.4 Å². The minimum atomic E-state index is -5.33. The number of alkyl halides is 9. The Morgan fingerprint density at radius 2 is 0.914 bits per heavy atom. The number of hydrogen-bond acceptors (Lipinski definition) is 4. The Morgan fingerprint density at radius 3 is 1.34 bits per heavy atom. The smallest absolute Gasteiger partial charge is 0.420 e. The van der Waals surface area contributed by atoms with Gasteiger partial charge in [0.2, 0.25) is 5.82 Å². The van der Waals surface area contributed by atoms with Crippen LogP contribution >= 0.6 is 0 Å². The van der Waals surface area contributed by atoms with Crippen molar-refractivity contribution in [1.29, 1.82) is 0 Å². The molecule has 0 saturated carbocycles. The summed E-state index contributed by atoms with van der Waals surface area (Å²) in [4.78, 5) is 0. The topological polar surface area (TPSA) is 70.5 Å². The van der Waals surface area contributed by atoms with Crippen molar-refractivity contribution in [1.82, 2.24) is 0 Å². The van der Waals surface area contributed by atoms with Gasteiger partial charge in [-0.05, 0) is 36.4 Å². The van der Waals surface area contributed by atoms with Gasteiger partial charge >= 0.3 is 18.5 Å². The highest BCUT2D eigenvalue weighted by Crippen LogP contribution is 2.47. The summed E-state index contributed by atoms with van der Waals surface area (Å²) >= 11 is 0. The minimum absolute atomic E-state index is 0.173. The lowest BCUT2D eigenvalue weighted by molar-refractivity contribution is -0.140. The molecule has 3 aromatic rings. The zero-order valence-corrected chi connectivity index (χ0v) is 16.9. The lowest BCUT2D eigenvalue weighted by Gasteiger charge is -2.20. The number of anilines is 2. The molecule has 0 aliphatic heterocycles. The van der Waals surface area contributed by atoms with E-state index in [1.54, 1.807) is 0 Å². The number of hydrogen-bond donors (Lipinski definition) is 2. The fourth-order valence-electron chi connectivity index (χ4n) is 2.88. The molecule has 0 aliphatic rings. The van der Waals surface area contributed by atoms with Gasteiger partial charge in [0.05, 0.1) is 11.1 Å². The van der Waals surface area contributed by atoms with Gasteiger partial charge in [-0.3, -0.25) is 0 Å². The molecular weight excluding hydrogens is 502 g/mol. The largest absolute Gasteiger partial charge is 0.453 e. The lowest BCUT2D eigenvalue weighted by Crippen LogP contribution is -2.12. The summed E-state index contributed by atoms with van der Waals surface area (Å²) in [5.41, 5.74) is 5.30. The fraction of sp³-hybridized carbons (Fsp3) is 0.143. The van der Waals surface area contributed by atoms with E-state index in [2.05, 4.69) is 4.74 Å². The molecule has 4 N–H and O–H groups in total. The highest BCUT2D eigenvalue weighted by Gasteiger charge is 2.40. The molecule has 4 nitrogen and oxygen atoms in total. The van der Waals surface area contributed by atoms with Gasteiger partial charge in [0.15, 0.2) is 11.5 Å². The normalized spacial score (nSPS) is 12.5. The van der Waals surface area contributed by atoms with Gasteiger partial charge in [-0.1, -0.05) is 0 Å². The lowest BCUT2D eigenvalue weighted by atomic mass is 10.1. The molecule has 35 heavy (non-hydrogen) atoms. The second-order valence-corrected chi connectivity index (χ2v) is 6.96. The molecule has 0 unspecified atom stereocenters. The molecule has 0 saturated heterocycles. The monoisotopic (exact) mass is 514 g/mol. The first kappa shape index (κ1) is 25.8. The number of nitrogens with two attached hydrogens (primary N) is 2. The number of halogens is 10. The Bertz CT molecular complexity index is 1250. The molecule has 0 fully saturated rings. The van der Waals surface area contributed by atoms with Crippen LogP contribution in [0, 0.1) is 5.82 Å². The number of rotatable bonds is 4. The van der Waals surface area contributed by atoms with Crippen LogP contribution in [0.5, 0.6) is 23.0 Å². The summed E-state index contributed by atoms with van der Waals surface area (Å²) in [5, 5.41) is 0. The number of ether oxygens (including phenoxy) is 2. The van der Waals surface area contributed by atoms with Crippen molar-refractivity contribution >= 4 is 11.4 Å². The van der Waals surface area contributed by atoms with E-state index >= 15 is 4.39 Å². The molecule has 188 valence electrons. The predicted octanol–water partition coefficient (Wildman–Crippen LogP) is 7.63. The third-order valence-electron chi connectivity index (χ3n) is 4.42. The quantitative estimate of drug-likeness (QED) is 0.278. The zero-order chi connectivity index (χ0) is 26.3. The first-order valence-corrected chi connectivity index (χ1v) is 9.17. The third kappa shape index (κ3) is 5.63. The summed E-state index contributed by atoms with van der Waals surface area (Å²) in [6, 6.07) is 4.20. The Hall–Kier alpha value is -3.84. The molecule has 14 heteroatoms. The highest BCUT2D eigenvalue weighted by atomic mass is 19.4. The van der Waals surface area contributed by atoms with Crippen LogP contribution in [-0.2, 0) is 18.5 Å². The molecule has 0 atom stereocenters. The SMILES string of the molecule is Nc1ccc(C(F)(F)F)c(Oc2ccc(C(F)(F)F)c(Oc3cc(N)ccc3C(F)(F)F)c2F)c1. The molecule has 0 spiro atoms. The van der Waals surface area contributed by atoms with E-state index < -0.39 is 64.0 Å². The Morgan fingerprint density at radius 1 is 0.514 bits per heavy atom. The summed E-state index contributed by atoms with van der Waals surface area (Å²) < 4.78 is 145. The van der Waals surface area contributed by atoms with Gasteiger partial charge in [-0.2, -0.15) is 43.9 Å². The van der Waals surface area contributed by atoms with Gasteiger partial charge in [-0.25, -0.2) is 0 Å². The molecule has 0 aromatic heterocycles. The average Bonchev–Trinajstić information content (AvgIpc) is 2.68. The van der Waals surface area contributed by atoms with Crippen LogP contribution in [0.4, 0.5) is 55.3 Å². The molecular formula is C21H12F10N2O2. The average molecular weight is 514 g/mol. The van der Waals surface area contributed by atoms with Crippen molar-refractivity contribution in [2.45, 2.75) is 18.5 Å². The zero-order valence-electron chi connectivity index (χ0n) is 16.9. The standard InChI is InChI=1S/C21H12F10N2O2/c22-17-14(34-15-7-9(32)1-3-11(15)19(23,24)25)6-5-13(21(29,30)31)18(17)35-16-8-10(33)2-4-12(16)20(26,27)28/h1-8H,32-33H2. The summed E-state index contributed by atoms with van der Waals surface area (Å²) in [6.07, 6.45) is -15.5. The maximum atomic E-state index is 15.1. The second kappa shape index (κ2) is 8.74. The van der Waals surface area contributed by atoms with E-state index in [0.29, 0.717) is 30.3 Å². The van der Waals surface area contributed by atoms with Crippen molar-refractivity contribution in [3.8, 4) is 23.0 Å². The summed E-state index contributed by atoms with van der Waals surface area (Å²) in [7, 11) is 0. The van der Waals surface area contributed by atoms with Gasteiger partial charge in [-0.15, -0.1) is 0 Å². The van der Waals surface area contributed by atoms with Gasteiger partial charge in [0.25, 0.3) is 0 Å². The Balaban J connectivity index is 2.18. The molecule has 0 aliphatic carbocycles. The molecule has 3 aromatic carbocycles. The minimum Gasteiger partial charge on any atom is -0.453 e. The van der Waals surface area contributed by atoms with Crippen molar-refractivity contribution < 1.29 is 53.4 Å². The number of benzene rings is 3. The second-order valence-electron chi connectivity index (χ2n) is 6.96. The molecule has 0 bridgehead atoms. The van der Waals surface area contributed by atoms with Crippen LogP contribution in [-0.4, -0.2) is 0 Å². The van der Waals surface area contributed by atoms with Crippen molar-refractivity contribution in [3.63, 3.8) is 0 Å². The molecule has 0 amide bonds. The van der Waals surface area contributed by atoms with Crippen molar-refractivity contribution in [3.05, 3.63) is 71.0 Å². The van der Waals surface area contributed by atoms with Crippen molar-refractivity contribution in [2.75, 3.05) is 11.5 Å². The Labute approximate surface area is 189 Å². The molecule has 3 rings (SSSR count). The number of nitrogen functional groups attached to an aromatic ring is 2. The predicted molar refractivity (Wildman–Crippen MR) is 103 cm³/mol. The van der Waals surface area contributed by atoms with Crippen LogP contribution in [0.2, 0.25) is 0 Å². The van der Waals surface area contributed by atoms with Gasteiger partial charge < -0.3 is 20.9 Å². The molecule has 0 heterocycles. The van der Waals surface area contributed by atoms with Gasteiger partial charge in [0, 0.05) is 23.5 Å². The van der Waals surface area contributed by atoms with Crippen LogP contribution < -0.4 is 20.9 Å². The van der Waals surface area contributed by atoms with Crippen LogP contribution in [0.25, 0.3) is 0 Å². The third-order valence-corrected chi connectivity index (χ3v) is 4.42. The first-order chi connectivity index (χ1) is 16.0. The summed E-state index contributed by atoms with van der Waals surface area (Å²) in [5.74, 6) is -7.35. The van der Waals surface area contributed by atoms with Crippen molar-refractivity contribution in [2.24, 2.45) is 0 Å². The van der Waals surface area contributed by atoms with E-state index in [1.165, 1.54) is 0 Å². The Kier molecular flexibility index (Phi) is 6.44. The maximum absolute atomic E-state index is 15.1. The van der Waals surface area contributed by atoms with E-state index in [1.807, 2.05) is 0 Å².